The number of pyridine rings is 1. The maximum atomic E-state index is 12.7. The molecule has 0 spiro atoms. The Morgan fingerprint density at radius 2 is 1.92 bits per heavy atom. The average molecular weight is 363 g/mol. The van der Waals surface area contributed by atoms with Gasteiger partial charge < -0.3 is 10.2 Å². The van der Waals surface area contributed by atoms with Gasteiger partial charge >= 0.3 is 6.18 Å². The number of alkyl halides is 3. The quantitative estimate of drug-likeness (QED) is 0.800. The zero-order valence-corrected chi connectivity index (χ0v) is 14.4. The van der Waals surface area contributed by atoms with Gasteiger partial charge in [0, 0.05) is 44.0 Å². The number of Topliss-reactive ketones (excluding diaryl/α,β-unsaturated/α-hetero) is 1. The Labute approximate surface area is 150 Å². The zero-order chi connectivity index (χ0) is 18.7. The number of nitrogens with one attached hydrogen (secondary N) is 1. The van der Waals surface area contributed by atoms with Crippen LogP contribution in [-0.2, 0) is 12.6 Å². The van der Waals surface area contributed by atoms with E-state index in [0.29, 0.717) is 12.5 Å². The van der Waals surface area contributed by atoms with Crippen molar-refractivity contribution in [1.29, 1.82) is 0 Å². The van der Waals surface area contributed by atoms with Crippen molar-refractivity contribution in [2.24, 2.45) is 0 Å². The van der Waals surface area contributed by atoms with E-state index in [4.69, 9.17) is 0 Å². The lowest BCUT2D eigenvalue weighted by Crippen LogP contribution is -2.56. The minimum atomic E-state index is -4.55. The summed E-state index contributed by atoms with van der Waals surface area (Å²) in [6, 6.07) is 10.6. The minimum absolute atomic E-state index is 0.0427. The highest BCUT2D eigenvalue weighted by Crippen LogP contribution is 2.28. The monoisotopic (exact) mass is 363 g/mol. The second kappa shape index (κ2) is 7.45. The van der Waals surface area contributed by atoms with Crippen molar-refractivity contribution in [2.75, 3.05) is 25.0 Å². The molecule has 0 radical (unpaired) electrons. The topological polar surface area (TPSA) is 45.2 Å². The lowest BCUT2D eigenvalue weighted by atomic mass is 10.0. The van der Waals surface area contributed by atoms with Gasteiger partial charge in [-0.15, -0.1) is 0 Å². The molecule has 7 heteroatoms. The normalized spacial score (nSPS) is 14.8. The SMILES string of the molecule is CN(c1ccc(CCC(=O)c2ccnc(C(F)(F)F)c2)cc1)C1CNC1. The number of likely N-dealkylation sites (N-methyl/N-ethyl adjacent to an activating group) is 1. The molecule has 1 saturated heterocycles. The summed E-state index contributed by atoms with van der Waals surface area (Å²) in [7, 11) is 2.05. The molecular formula is C19H20F3N3O. The van der Waals surface area contributed by atoms with E-state index in [-0.39, 0.29) is 17.8 Å². The molecule has 2 aromatic rings. The molecule has 3 rings (SSSR count). The molecule has 0 atom stereocenters. The van der Waals surface area contributed by atoms with Gasteiger partial charge in [0.1, 0.15) is 5.69 Å². The Hall–Kier alpha value is -2.41. The molecule has 2 heterocycles. The predicted molar refractivity (Wildman–Crippen MR) is 93.4 cm³/mol. The Morgan fingerprint density at radius 3 is 2.50 bits per heavy atom. The predicted octanol–water partition coefficient (Wildman–Crippen LogP) is 3.32. The van der Waals surface area contributed by atoms with Gasteiger partial charge in [-0.05, 0) is 36.2 Å². The fraction of sp³-hybridized carbons (Fsp3) is 0.368. The smallest absolute Gasteiger partial charge is 0.369 e. The van der Waals surface area contributed by atoms with Gasteiger partial charge in [0.25, 0.3) is 0 Å². The number of anilines is 1. The highest BCUT2D eigenvalue weighted by Gasteiger charge is 2.32. The van der Waals surface area contributed by atoms with Crippen LogP contribution >= 0.6 is 0 Å². The third-order valence-electron chi connectivity index (χ3n) is 4.66. The minimum Gasteiger partial charge on any atom is -0.369 e. The zero-order valence-electron chi connectivity index (χ0n) is 14.4. The number of hydrogen-bond donors (Lipinski definition) is 1. The van der Waals surface area contributed by atoms with Gasteiger partial charge in [-0.2, -0.15) is 13.2 Å². The largest absolute Gasteiger partial charge is 0.433 e. The van der Waals surface area contributed by atoms with Crippen molar-refractivity contribution in [3.8, 4) is 0 Å². The number of ketones is 1. The summed E-state index contributed by atoms with van der Waals surface area (Å²) in [4.78, 5) is 17.7. The molecule has 0 bridgehead atoms. The van der Waals surface area contributed by atoms with Crippen LogP contribution < -0.4 is 10.2 Å². The van der Waals surface area contributed by atoms with Crippen LogP contribution in [0.15, 0.2) is 42.6 Å². The molecule has 0 amide bonds. The molecule has 0 unspecified atom stereocenters. The average Bonchev–Trinajstić information content (AvgIpc) is 2.58. The molecule has 26 heavy (non-hydrogen) atoms. The van der Waals surface area contributed by atoms with Crippen molar-refractivity contribution in [3.05, 3.63) is 59.4 Å². The number of aryl methyl sites for hydroxylation is 1. The fourth-order valence-corrected chi connectivity index (χ4v) is 2.82. The van der Waals surface area contributed by atoms with Crippen molar-refractivity contribution >= 4 is 11.5 Å². The van der Waals surface area contributed by atoms with E-state index < -0.39 is 11.9 Å². The number of benzene rings is 1. The molecule has 1 aliphatic heterocycles. The van der Waals surface area contributed by atoms with E-state index in [1.807, 2.05) is 31.3 Å². The highest BCUT2D eigenvalue weighted by atomic mass is 19.4. The molecule has 0 saturated carbocycles. The Balaban J connectivity index is 1.59. The number of aromatic nitrogens is 1. The second-order valence-corrected chi connectivity index (χ2v) is 6.44. The Bertz CT molecular complexity index is 770. The van der Waals surface area contributed by atoms with Crippen molar-refractivity contribution < 1.29 is 18.0 Å². The van der Waals surface area contributed by atoms with Gasteiger partial charge in [0.2, 0.25) is 0 Å². The van der Waals surface area contributed by atoms with Gasteiger partial charge in [0.05, 0.1) is 6.04 Å². The van der Waals surface area contributed by atoms with Crippen LogP contribution in [0.1, 0.15) is 28.0 Å². The molecule has 1 fully saturated rings. The van der Waals surface area contributed by atoms with E-state index in [1.54, 1.807) is 0 Å². The van der Waals surface area contributed by atoms with E-state index in [0.717, 1.165) is 36.6 Å². The number of halogens is 3. The number of hydrogen-bond acceptors (Lipinski definition) is 4. The van der Waals surface area contributed by atoms with Crippen molar-refractivity contribution in [1.82, 2.24) is 10.3 Å². The molecular weight excluding hydrogens is 343 g/mol. The van der Waals surface area contributed by atoms with Crippen molar-refractivity contribution in [3.63, 3.8) is 0 Å². The maximum Gasteiger partial charge on any atom is 0.433 e. The summed E-state index contributed by atoms with van der Waals surface area (Å²) in [6.45, 7) is 1.94. The first-order chi connectivity index (χ1) is 12.3. The first-order valence-corrected chi connectivity index (χ1v) is 8.43. The maximum absolute atomic E-state index is 12.7. The summed E-state index contributed by atoms with van der Waals surface area (Å²) in [5.41, 5.74) is 1.09. The molecule has 138 valence electrons. The summed E-state index contributed by atoms with van der Waals surface area (Å²) in [5.74, 6) is -0.320. The standard InChI is InChI=1S/C19H20F3N3O/c1-25(16-11-23-12-16)15-5-2-13(3-6-15)4-7-17(26)14-8-9-24-18(10-14)19(20,21)22/h2-3,5-6,8-10,16,23H,4,7,11-12H2,1H3. The van der Waals surface area contributed by atoms with Gasteiger partial charge in [0.15, 0.2) is 5.78 Å². The molecule has 0 aliphatic carbocycles. The third-order valence-corrected chi connectivity index (χ3v) is 4.66. The first kappa shape index (κ1) is 18.4. The van der Waals surface area contributed by atoms with Crippen molar-refractivity contribution in [2.45, 2.75) is 25.1 Å². The second-order valence-electron chi connectivity index (χ2n) is 6.44. The molecule has 1 aliphatic rings. The number of rotatable bonds is 6. The van der Waals surface area contributed by atoms with Crippen LogP contribution in [0, 0.1) is 0 Å². The fourth-order valence-electron chi connectivity index (χ4n) is 2.82. The van der Waals surface area contributed by atoms with E-state index in [1.165, 1.54) is 6.07 Å². The van der Waals surface area contributed by atoms with Gasteiger partial charge in [-0.3, -0.25) is 9.78 Å². The van der Waals surface area contributed by atoms with Crippen LogP contribution in [-0.4, -0.2) is 36.9 Å². The van der Waals surface area contributed by atoms with Gasteiger partial charge in [-0.1, -0.05) is 12.1 Å². The summed E-state index contributed by atoms with van der Waals surface area (Å²) >= 11 is 0. The van der Waals surface area contributed by atoms with Crippen LogP contribution in [0.25, 0.3) is 0 Å². The first-order valence-electron chi connectivity index (χ1n) is 8.43. The molecule has 1 aromatic carbocycles. The van der Waals surface area contributed by atoms with E-state index in [2.05, 4.69) is 15.2 Å². The van der Waals surface area contributed by atoms with Crippen LogP contribution in [0.4, 0.5) is 18.9 Å². The summed E-state index contributed by atoms with van der Waals surface area (Å²) in [5, 5.41) is 3.23. The van der Waals surface area contributed by atoms with Crippen LogP contribution in [0.2, 0.25) is 0 Å². The molecule has 1 N–H and O–H groups in total. The molecule has 4 nitrogen and oxygen atoms in total. The lowest BCUT2D eigenvalue weighted by molar-refractivity contribution is -0.141. The van der Waals surface area contributed by atoms with E-state index >= 15 is 0 Å². The number of nitrogens with zero attached hydrogens (tertiary/aromatic N) is 2. The van der Waals surface area contributed by atoms with E-state index in [9.17, 15) is 18.0 Å². The number of carbonyl (C=O) groups excluding carboxylic acids is 1. The van der Waals surface area contributed by atoms with Gasteiger partial charge in [-0.25, -0.2) is 0 Å². The third kappa shape index (κ3) is 4.22. The Morgan fingerprint density at radius 1 is 1.23 bits per heavy atom. The summed E-state index contributed by atoms with van der Waals surface area (Å²) in [6.07, 6.45) is -2.88. The highest BCUT2D eigenvalue weighted by molar-refractivity contribution is 5.96. The summed E-state index contributed by atoms with van der Waals surface area (Å²) < 4.78 is 38.1. The van der Waals surface area contributed by atoms with Crippen LogP contribution in [0.5, 0.6) is 0 Å². The lowest BCUT2D eigenvalue weighted by Gasteiger charge is -2.37. The number of carbonyl (C=O) groups is 1. The Kier molecular flexibility index (Phi) is 5.27. The molecule has 1 aromatic heterocycles. The van der Waals surface area contributed by atoms with Crippen LogP contribution in [0.3, 0.4) is 0 Å².